The molecule has 0 saturated carbocycles. The molecule has 128 valence electrons. The Morgan fingerprint density at radius 2 is 2.04 bits per heavy atom. The molecule has 0 N–H and O–H groups in total. The molecule has 0 radical (unpaired) electrons. The molecule has 1 amide bonds. The lowest BCUT2D eigenvalue weighted by atomic mass is 9.89. The standard InChI is InChI=1S/C20H21N3O2/c1-14-12-19(22-25-14)20(24)23-10-7-15(8-11-23)13-16-6-9-21-18-5-3-2-4-17(16)18/h2-6,9,12,15H,7-8,10-11,13H2,1H3. The summed E-state index contributed by atoms with van der Waals surface area (Å²) in [7, 11) is 0. The predicted octanol–water partition coefficient (Wildman–Crippen LogP) is 3.63. The Kier molecular flexibility index (Phi) is 4.22. The monoisotopic (exact) mass is 335 g/mol. The number of nitrogens with zero attached hydrogens (tertiary/aromatic N) is 3. The van der Waals surface area contributed by atoms with Gasteiger partial charge >= 0.3 is 0 Å². The highest BCUT2D eigenvalue weighted by Gasteiger charge is 2.25. The van der Waals surface area contributed by atoms with Crippen LogP contribution in [0.1, 0.15) is 34.7 Å². The zero-order chi connectivity index (χ0) is 17.2. The summed E-state index contributed by atoms with van der Waals surface area (Å²) in [5, 5.41) is 5.08. The van der Waals surface area contributed by atoms with Gasteiger partial charge in [0, 0.05) is 30.7 Å². The fourth-order valence-corrected chi connectivity index (χ4v) is 3.61. The molecular weight excluding hydrogens is 314 g/mol. The highest BCUT2D eigenvalue weighted by molar-refractivity contribution is 5.92. The molecule has 1 aliphatic rings. The highest BCUT2D eigenvalue weighted by Crippen LogP contribution is 2.26. The van der Waals surface area contributed by atoms with E-state index < -0.39 is 0 Å². The largest absolute Gasteiger partial charge is 0.361 e. The third kappa shape index (κ3) is 3.27. The van der Waals surface area contributed by atoms with Crippen LogP contribution in [-0.4, -0.2) is 34.0 Å². The molecule has 1 fully saturated rings. The van der Waals surface area contributed by atoms with E-state index in [2.05, 4.69) is 34.4 Å². The van der Waals surface area contributed by atoms with E-state index in [9.17, 15) is 4.79 Å². The van der Waals surface area contributed by atoms with Gasteiger partial charge in [-0.1, -0.05) is 23.4 Å². The molecule has 0 aliphatic carbocycles. The average Bonchev–Trinajstić information content (AvgIpc) is 3.08. The van der Waals surface area contributed by atoms with Gasteiger partial charge in [0.25, 0.3) is 5.91 Å². The molecule has 25 heavy (non-hydrogen) atoms. The van der Waals surface area contributed by atoms with E-state index in [4.69, 9.17) is 4.52 Å². The van der Waals surface area contributed by atoms with Crippen LogP contribution in [0.3, 0.4) is 0 Å². The summed E-state index contributed by atoms with van der Waals surface area (Å²) in [5.74, 6) is 1.24. The van der Waals surface area contributed by atoms with Crippen LogP contribution in [0.5, 0.6) is 0 Å². The number of fused-ring (bicyclic) bond motifs is 1. The normalized spacial score (nSPS) is 15.6. The summed E-state index contributed by atoms with van der Waals surface area (Å²) in [6.07, 6.45) is 4.95. The number of benzene rings is 1. The molecule has 4 rings (SSSR count). The number of rotatable bonds is 3. The number of pyridine rings is 1. The van der Waals surface area contributed by atoms with Gasteiger partial charge in [0.15, 0.2) is 5.69 Å². The van der Waals surface area contributed by atoms with Gasteiger partial charge in [-0.15, -0.1) is 0 Å². The number of aryl methyl sites for hydroxylation is 1. The molecule has 5 nitrogen and oxygen atoms in total. The molecule has 5 heteroatoms. The first-order valence-corrected chi connectivity index (χ1v) is 8.76. The van der Waals surface area contributed by atoms with Crippen molar-refractivity contribution >= 4 is 16.8 Å². The highest BCUT2D eigenvalue weighted by atomic mass is 16.5. The molecule has 3 heterocycles. The Morgan fingerprint density at radius 3 is 2.80 bits per heavy atom. The number of carbonyl (C=O) groups excluding carboxylic acids is 1. The predicted molar refractivity (Wildman–Crippen MR) is 95.3 cm³/mol. The molecule has 1 aromatic carbocycles. The van der Waals surface area contributed by atoms with Gasteiger partial charge in [0.2, 0.25) is 0 Å². The molecular formula is C20H21N3O2. The number of hydrogen-bond acceptors (Lipinski definition) is 4. The lowest BCUT2D eigenvalue weighted by molar-refractivity contribution is 0.0680. The number of piperidine rings is 1. The number of para-hydroxylation sites is 1. The maximum absolute atomic E-state index is 12.4. The fraction of sp³-hybridized carbons (Fsp3) is 0.350. The van der Waals surface area contributed by atoms with Crippen LogP contribution >= 0.6 is 0 Å². The zero-order valence-corrected chi connectivity index (χ0v) is 14.3. The quantitative estimate of drug-likeness (QED) is 0.733. The van der Waals surface area contributed by atoms with Gasteiger partial charge in [0.05, 0.1) is 5.52 Å². The van der Waals surface area contributed by atoms with E-state index in [0.29, 0.717) is 17.4 Å². The molecule has 0 unspecified atom stereocenters. The van der Waals surface area contributed by atoms with Gasteiger partial charge in [-0.05, 0) is 49.8 Å². The van der Waals surface area contributed by atoms with E-state index in [1.165, 1.54) is 10.9 Å². The zero-order valence-electron chi connectivity index (χ0n) is 14.3. The summed E-state index contributed by atoms with van der Waals surface area (Å²) in [6.45, 7) is 3.35. The molecule has 3 aromatic rings. The summed E-state index contributed by atoms with van der Waals surface area (Å²) in [6, 6.07) is 12.1. The van der Waals surface area contributed by atoms with Crippen molar-refractivity contribution in [2.24, 2.45) is 5.92 Å². The van der Waals surface area contributed by atoms with Crippen molar-refractivity contribution < 1.29 is 9.32 Å². The molecule has 1 saturated heterocycles. The van der Waals surface area contributed by atoms with Crippen LogP contribution in [0.25, 0.3) is 10.9 Å². The van der Waals surface area contributed by atoms with E-state index >= 15 is 0 Å². The van der Waals surface area contributed by atoms with Crippen molar-refractivity contribution in [1.29, 1.82) is 0 Å². The summed E-state index contributed by atoms with van der Waals surface area (Å²) >= 11 is 0. The first-order valence-electron chi connectivity index (χ1n) is 8.76. The molecule has 0 spiro atoms. The lowest BCUT2D eigenvalue weighted by Crippen LogP contribution is -2.39. The Bertz CT molecular complexity index is 889. The first kappa shape index (κ1) is 15.8. The van der Waals surface area contributed by atoms with Gasteiger partial charge in [-0.2, -0.15) is 0 Å². The molecule has 0 atom stereocenters. The van der Waals surface area contributed by atoms with E-state index in [1.54, 1.807) is 13.0 Å². The van der Waals surface area contributed by atoms with Crippen LogP contribution < -0.4 is 0 Å². The van der Waals surface area contributed by atoms with Crippen LogP contribution in [0.4, 0.5) is 0 Å². The number of hydrogen-bond donors (Lipinski definition) is 0. The average molecular weight is 335 g/mol. The minimum atomic E-state index is -0.0235. The van der Waals surface area contributed by atoms with E-state index in [0.717, 1.165) is 37.9 Å². The summed E-state index contributed by atoms with van der Waals surface area (Å²) < 4.78 is 5.01. The van der Waals surface area contributed by atoms with Crippen molar-refractivity contribution in [2.75, 3.05) is 13.1 Å². The second-order valence-electron chi connectivity index (χ2n) is 6.75. The van der Waals surface area contributed by atoms with Crippen molar-refractivity contribution in [3.05, 3.63) is 59.6 Å². The van der Waals surface area contributed by atoms with Crippen LogP contribution in [0.15, 0.2) is 47.1 Å². The Hall–Kier alpha value is -2.69. The summed E-state index contributed by atoms with van der Waals surface area (Å²) in [5.41, 5.74) is 2.81. The van der Waals surface area contributed by atoms with Crippen LogP contribution in [0, 0.1) is 12.8 Å². The van der Waals surface area contributed by atoms with E-state index in [1.807, 2.05) is 17.2 Å². The minimum Gasteiger partial charge on any atom is -0.361 e. The maximum Gasteiger partial charge on any atom is 0.276 e. The Labute approximate surface area is 146 Å². The number of likely N-dealkylation sites (tertiary alicyclic amines) is 1. The second-order valence-corrected chi connectivity index (χ2v) is 6.75. The Morgan fingerprint density at radius 1 is 1.24 bits per heavy atom. The van der Waals surface area contributed by atoms with Crippen LogP contribution in [-0.2, 0) is 6.42 Å². The van der Waals surface area contributed by atoms with Crippen molar-refractivity contribution in [1.82, 2.24) is 15.0 Å². The lowest BCUT2D eigenvalue weighted by Gasteiger charge is -2.31. The molecule has 0 bridgehead atoms. The third-order valence-corrected chi connectivity index (χ3v) is 5.00. The second kappa shape index (κ2) is 6.67. The fourth-order valence-electron chi connectivity index (χ4n) is 3.61. The third-order valence-electron chi connectivity index (χ3n) is 5.00. The van der Waals surface area contributed by atoms with Crippen molar-refractivity contribution in [3.63, 3.8) is 0 Å². The first-order chi connectivity index (χ1) is 12.2. The number of amides is 1. The van der Waals surface area contributed by atoms with Crippen molar-refractivity contribution in [3.8, 4) is 0 Å². The molecule has 2 aromatic heterocycles. The van der Waals surface area contributed by atoms with Crippen molar-refractivity contribution in [2.45, 2.75) is 26.2 Å². The number of aromatic nitrogens is 2. The topological polar surface area (TPSA) is 59.2 Å². The van der Waals surface area contributed by atoms with E-state index in [-0.39, 0.29) is 5.91 Å². The minimum absolute atomic E-state index is 0.0235. The Balaban J connectivity index is 1.41. The molecule has 1 aliphatic heterocycles. The van der Waals surface area contributed by atoms with Gasteiger partial charge in [0.1, 0.15) is 5.76 Å². The van der Waals surface area contributed by atoms with Gasteiger partial charge in [-0.3, -0.25) is 9.78 Å². The van der Waals surface area contributed by atoms with Gasteiger partial charge < -0.3 is 9.42 Å². The number of carbonyl (C=O) groups is 1. The van der Waals surface area contributed by atoms with Crippen LogP contribution in [0.2, 0.25) is 0 Å². The summed E-state index contributed by atoms with van der Waals surface area (Å²) in [4.78, 5) is 18.8. The maximum atomic E-state index is 12.4. The smallest absolute Gasteiger partial charge is 0.276 e. The van der Waals surface area contributed by atoms with Gasteiger partial charge in [-0.25, -0.2) is 0 Å². The SMILES string of the molecule is Cc1cc(C(=O)N2CCC(Cc3ccnc4ccccc34)CC2)no1.